The van der Waals surface area contributed by atoms with Gasteiger partial charge in [-0.25, -0.2) is 0 Å². The van der Waals surface area contributed by atoms with Gasteiger partial charge in [-0.05, 0) is 63.7 Å². The molecule has 1 saturated heterocycles. The smallest absolute Gasteiger partial charge is 0.309 e. The first-order chi connectivity index (χ1) is 11.7. The van der Waals surface area contributed by atoms with Crippen LogP contribution in [0.25, 0.3) is 0 Å². The highest BCUT2D eigenvalue weighted by Gasteiger charge is 2.48. The van der Waals surface area contributed by atoms with Crippen LogP contribution in [0.1, 0.15) is 58.8 Å². The minimum absolute atomic E-state index is 0.0266. The Morgan fingerprint density at radius 1 is 1.21 bits per heavy atom. The van der Waals surface area contributed by atoms with Crippen LogP contribution in [0.2, 0.25) is 0 Å². The molecule has 0 aromatic heterocycles. The van der Waals surface area contributed by atoms with Gasteiger partial charge in [0.25, 0.3) is 0 Å². The zero-order chi connectivity index (χ0) is 17.0. The Hall–Kier alpha value is -1.26. The van der Waals surface area contributed by atoms with E-state index in [1.165, 1.54) is 32.1 Å². The lowest BCUT2D eigenvalue weighted by Gasteiger charge is -2.42. The lowest BCUT2D eigenvalue weighted by molar-refractivity contribution is -0.149. The molecule has 3 aliphatic rings. The molecule has 24 heavy (non-hydrogen) atoms. The topological polar surface area (TPSA) is 53.9 Å². The van der Waals surface area contributed by atoms with Gasteiger partial charge in [-0.1, -0.05) is 6.42 Å². The number of piperidine rings is 1. The van der Waals surface area contributed by atoms with Crippen molar-refractivity contribution < 1.29 is 9.53 Å². The molecular weight excluding hydrogens is 302 g/mol. The van der Waals surface area contributed by atoms with Crippen molar-refractivity contribution in [2.75, 3.05) is 32.8 Å². The lowest BCUT2D eigenvalue weighted by Crippen LogP contribution is -2.47. The van der Waals surface area contributed by atoms with E-state index in [0.717, 1.165) is 50.9 Å². The van der Waals surface area contributed by atoms with Crippen LogP contribution in [0, 0.1) is 17.3 Å². The SMILES string of the molecule is CCNC(=NCC1(C2CC2)CCC1)N1CCC(C(=O)OCC)CC1. The monoisotopic (exact) mass is 335 g/mol. The largest absolute Gasteiger partial charge is 0.466 e. The van der Waals surface area contributed by atoms with Crippen LogP contribution < -0.4 is 5.32 Å². The second kappa shape index (κ2) is 7.75. The van der Waals surface area contributed by atoms with Crippen LogP contribution >= 0.6 is 0 Å². The molecule has 0 radical (unpaired) electrons. The third-order valence-corrected chi connectivity index (χ3v) is 6.09. The fraction of sp³-hybridized carbons (Fsp3) is 0.895. The summed E-state index contributed by atoms with van der Waals surface area (Å²) in [5, 5.41) is 3.46. The Labute approximate surface area is 146 Å². The van der Waals surface area contributed by atoms with Crippen LogP contribution in [0.4, 0.5) is 0 Å². The summed E-state index contributed by atoms with van der Waals surface area (Å²) in [4.78, 5) is 19.2. The Bertz CT molecular complexity index is 461. The zero-order valence-electron chi connectivity index (χ0n) is 15.4. The number of carbonyl (C=O) groups excluding carboxylic acids is 1. The normalized spacial score (nSPS) is 24.4. The summed E-state index contributed by atoms with van der Waals surface area (Å²) in [6, 6.07) is 0. The quantitative estimate of drug-likeness (QED) is 0.461. The van der Waals surface area contributed by atoms with Crippen molar-refractivity contribution in [2.45, 2.75) is 58.8 Å². The number of hydrogen-bond acceptors (Lipinski definition) is 3. The fourth-order valence-corrected chi connectivity index (χ4v) is 4.27. The van der Waals surface area contributed by atoms with Gasteiger partial charge in [-0.15, -0.1) is 0 Å². The Morgan fingerprint density at radius 3 is 2.42 bits per heavy atom. The molecule has 5 nitrogen and oxygen atoms in total. The molecule has 0 aromatic carbocycles. The Balaban J connectivity index is 1.56. The molecule has 3 fully saturated rings. The minimum Gasteiger partial charge on any atom is -0.466 e. The molecule has 0 amide bonds. The second-order valence-electron chi connectivity index (χ2n) is 7.67. The van der Waals surface area contributed by atoms with Gasteiger partial charge in [-0.2, -0.15) is 0 Å². The van der Waals surface area contributed by atoms with Gasteiger partial charge in [0.05, 0.1) is 12.5 Å². The number of ether oxygens (including phenoxy) is 1. The Morgan fingerprint density at radius 2 is 1.92 bits per heavy atom. The third-order valence-electron chi connectivity index (χ3n) is 6.09. The number of likely N-dealkylation sites (tertiary alicyclic amines) is 1. The number of rotatable bonds is 6. The average Bonchev–Trinajstić information content (AvgIpc) is 3.38. The van der Waals surface area contributed by atoms with E-state index < -0.39 is 0 Å². The molecule has 0 bridgehead atoms. The molecule has 1 heterocycles. The molecule has 0 aromatic rings. The second-order valence-corrected chi connectivity index (χ2v) is 7.67. The fourth-order valence-electron chi connectivity index (χ4n) is 4.27. The summed E-state index contributed by atoms with van der Waals surface area (Å²) in [6.45, 7) is 8.15. The molecule has 1 aliphatic heterocycles. The lowest BCUT2D eigenvalue weighted by atomic mass is 9.65. The van der Waals surface area contributed by atoms with Crippen molar-refractivity contribution in [3.63, 3.8) is 0 Å². The molecule has 0 unspecified atom stereocenters. The molecule has 136 valence electrons. The summed E-state index contributed by atoms with van der Waals surface area (Å²) < 4.78 is 5.17. The summed E-state index contributed by atoms with van der Waals surface area (Å²) in [5.74, 6) is 2.02. The summed E-state index contributed by atoms with van der Waals surface area (Å²) in [7, 11) is 0. The van der Waals surface area contributed by atoms with Crippen LogP contribution in [0.5, 0.6) is 0 Å². The standard InChI is InChI=1S/C19H33N3O2/c1-3-20-18(21-14-19(10-5-11-19)16-6-7-16)22-12-8-15(9-13-22)17(23)24-4-2/h15-16H,3-14H2,1-2H3,(H,20,21). The summed E-state index contributed by atoms with van der Waals surface area (Å²) in [6.07, 6.45) is 8.69. The maximum Gasteiger partial charge on any atom is 0.309 e. The van der Waals surface area contributed by atoms with E-state index >= 15 is 0 Å². The van der Waals surface area contributed by atoms with E-state index in [1.807, 2.05) is 6.92 Å². The van der Waals surface area contributed by atoms with Crippen LogP contribution in [0.15, 0.2) is 4.99 Å². The van der Waals surface area contributed by atoms with Crippen LogP contribution in [-0.2, 0) is 9.53 Å². The zero-order valence-corrected chi connectivity index (χ0v) is 15.4. The summed E-state index contributed by atoms with van der Waals surface area (Å²) >= 11 is 0. The molecule has 0 spiro atoms. The molecule has 2 saturated carbocycles. The van der Waals surface area contributed by atoms with Crippen molar-refractivity contribution in [3.05, 3.63) is 0 Å². The van der Waals surface area contributed by atoms with E-state index in [9.17, 15) is 4.79 Å². The highest BCUT2D eigenvalue weighted by Crippen LogP contribution is 2.57. The first kappa shape index (κ1) is 17.6. The number of hydrogen-bond donors (Lipinski definition) is 1. The number of nitrogens with zero attached hydrogens (tertiary/aromatic N) is 2. The van der Waals surface area contributed by atoms with E-state index in [4.69, 9.17) is 9.73 Å². The van der Waals surface area contributed by atoms with Gasteiger partial charge in [0, 0.05) is 26.2 Å². The maximum atomic E-state index is 11.9. The van der Waals surface area contributed by atoms with Gasteiger partial charge >= 0.3 is 5.97 Å². The predicted molar refractivity (Wildman–Crippen MR) is 95.9 cm³/mol. The predicted octanol–water partition coefficient (Wildman–Crippen LogP) is 2.81. The van der Waals surface area contributed by atoms with Crippen molar-refractivity contribution in [1.82, 2.24) is 10.2 Å². The van der Waals surface area contributed by atoms with Gasteiger partial charge in [0.1, 0.15) is 0 Å². The minimum atomic E-state index is -0.0266. The van der Waals surface area contributed by atoms with Crippen LogP contribution in [-0.4, -0.2) is 49.6 Å². The van der Waals surface area contributed by atoms with Crippen molar-refractivity contribution in [2.24, 2.45) is 22.2 Å². The van der Waals surface area contributed by atoms with Gasteiger partial charge in [0.2, 0.25) is 0 Å². The molecule has 3 rings (SSSR count). The number of aliphatic imine (C=N–C) groups is 1. The van der Waals surface area contributed by atoms with E-state index in [0.29, 0.717) is 12.0 Å². The first-order valence-corrected chi connectivity index (χ1v) is 9.88. The number of guanidine groups is 1. The molecule has 1 N–H and O–H groups in total. The van der Waals surface area contributed by atoms with E-state index in [1.54, 1.807) is 0 Å². The first-order valence-electron chi connectivity index (χ1n) is 9.88. The Kier molecular flexibility index (Phi) is 5.67. The molecule has 0 atom stereocenters. The van der Waals surface area contributed by atoms with Gasteiger partial charge in [-0.3, -0.25) is 9.79 Å². The number of carbonyl (C=O) groups is 1. The summed E-state index contributed by atoms with van der Waals surface area (Å²) in [5.41, 5.74) is 0.518. The highest BCUT2D eigenvalue weighted by molar-refractivity contribution is 5.80. The van der Waals surface area contributed by atoms with E-state index in [-0.39, 0.29) is 11.9 Å². The van der Waals surface area contributed by atoms with Crippen molar-refractivity contribution in [1.29, 1.82) is 0 Å². The van der Waals surface area contributed by atoms with Crippen LogP contribution in [0.3, 0.4) is 0 Å². The van der Waals surface area contributed by atoms with Crippen molar-refractivity contribution >= 4 is 11.9 Å². The van der Waals surface area contributed by atoms with Crippen molar-refractivity contribution in [3.8, 4) is 0 Å². The number of esters is 1. The number of nitrogens with one attached hydrogen (secondary N) is 1. The van der Waals surface area contributed by atoms with Gasteiger partial charge in [0.15, 0.2) is 5.96 Å². The maximum absolute atomic E-state index is 11.9. The highest BCUT2D eigenvalue weighted by atomic mass is 16.5. The molecule has 5 heteroatoms. The van der Waals surface area contributed by atoms with E-state index in [2.05, 4.69) is 17.1 Å². The third kappa shape index (κ3) is 3.86. The molecule has 2 aliphatic carbocycles. The molecular formula is C19H33N3O2. The average molecular weight is 335 g/mol. The van der Waals surface area contributed by atoms with Gasteiger partial charge < -0.3 is 15.0 Å².